The minimum atomic E-state index is 0.710. The first kappa shape index (κ1) is 18.0. The van der Waals surface area contributed by atoms with E-state index in [1.54, 1.807) is 0 Å². The van der Waals surface area contributed by atoms with Crippen molar-refractivity contribution >= 4 is 54.1 Å². The maximum absolute atomic E-state index is 9.89. The lowest BCUT2D eigenvalue weighted by molar-refractivity contribution is 1.20. The average molecular weight is 418 g/mol. The predicted octanol–water partition coefficient (Wildman–Crippen LogP) is 8.11. The van der Waals surface area contributed by atoms with E-state index < -0.39 is 0 Å². The normalized spacial score (nSPS) is 11.6. The van der Waals surface area contributed by atoms with Gasteiger partial charge in [0.1, 0.15) is 0 Å². The molecule has 2 heteroatoms. The van der Waals surface area contributed by atoms with Gasteiger partial charge in [-0.3, -0.25) is 0 Å². The SMILES string of the molecule is N#Cc1cc2cc(-n3c4ccccc4c4ccccc43)c3ccccc3c2c2ccccc12. The molecule has 0 aliphatic rings. The number of rotatable bonds is 1. The zero-order valence-electron chi connectivity index (χ0n) is 17.8. The van der Waals surface area contributed by atoms with Gasteiger partial charge in [0.2, 0.25) is 0 Å². The van der Waals surface area contributed by atoms with Gasteiger partial charge in [0, 0.05) is 21.5 Å². The highest BCUT2D eigenvalue weighted by Crippen LogP contribution is 2.40. The van der Waals surface area contributed by atoms with Gasteiger partial charge in [0.05, 0.1) is 28.4 Å². The highest BCUT2D eigenvalue weighted by Gasteiger charge is 2.17. The van der Waals surface area contributed by atoms with Crippen molar-refractivity contribution in [3.8, 4) is 11.8 Å². The summed E-state index contributed by atoms with van der Waals surface area (Å²) in [5, 5.41) is 19.2. The van der Waals surface area contributed by atoms with Crippen LogP contribution in [0.4, 0.5) is 0 Å². The second-order valence-electron chi connectivity index (χ2n) is 8.49. The molecule has 0 unspecified atom stereocenters. The third kappa shape index (κ3) is 2.42. The van der Waals surface area contributed by atoms with Crippen molar-refractivity contribution in [3.05, 3.63) is 115 Å². The Morgan fingerprint density at radius 1 is 0.515 bits per heavy atom. The Morgan fingerprint density at radius 2 is 1.00 bits per heavy atom. The van der Waals surface area contributed by atoms with Crippen LogP contribution in [0.15, 0.2) is 109 Å². The number of hydrogen-bond donors (Lipinski definition) is 0. The molecule has 0 radical (unpaired) electrons. The molecule has 0 amide bonds. The molecule has 7 rings (SSSR count). The summed E-state index contributed by atoms with van der Waals surface area (Å²) in [6, 6.07) is 40.7. The maximum Gasteiger partial charge on any atom is 0.0998 e. The molecule has 33 heavy (non-hydrogen) atoms. The lowest BCUT2D eigenvalue weighted by atomic mass is 9.92. The van der Waals surface area contributed by atoms with Crippen molar-refractivity contribution in [2.45, 2.75) is 0 Å². The summed E-state index contributed by atoms with van der Waals surface area (Å²) in [5.74, 6) is 0. The Balaban J connectivity index is 1.74. The number of hydrogen-bond acceptors (Lipinski definition) is 1. The van der Waals surface area contributed by atoms with E-state index in [-0.39, 0.29) is 0 Å². The molecular weight excluding hydrogens is 400 g/mol. The summed E-state index contributed by atoms with van der Waals surface area (Å²) in [7, 11) is 0. The minimum Gasteiger partial charge on any atom is -0.309 e. The maximum atomic E-state index is 9.89. The second kappa shape index (κ2) is 6.69. The first-order valence-corrected chi connectivity index (χ1v) is 11.1. The number of fused-ring (bicyclic) bond motifs is 8. The van der Waals surface area contributed by atoms with E-state index in [2.05, 4.69) is 102 Å². The molecule has 0 atom stereocenters. The summed E-state index contributed by atoms with van der Waals surface area (Å²) in [6.45, 7) is 0. The fourth-order valence-electron chi connectivity index (χ4n) is 5.42. The number of para-hydroxylation sites is 2. The number of nitriles is 1. The largest absolute Gasteiger partial charge is 0.309 e. The van der Waals surface area contributed by atoms with Crippen LogP contribution in [0.3, 0.4) is 0 Å². The van der Waals surface area contributed by atoms with E-state index in [0.717, 1.165) is 21.8 Å². The molecule has 0 spiro atoms. The Morgan fingerprint density at radius 3 is 1.61 bits per heavy atom. The molecule has 7 aromatic rings. The molecule has 0 fully saturated rings. The van der Waals surface area contributed by atoms with Crippen molar-refractivity contribution in [1.82, 2.24) is 4.57 Å². The van der Waals surface area contributed by atoms with E-state index >= 15 is 0 Å². The molecular formula is C31H18N2. The monoisotopic (exact) mass is 418 g/mol. The number of nitrogens with zero attached hydrogens (tertiary/aromatic N) is 2. The van der Waals surface area contributed by atoms with Crippen LogP contribution in [0.1, 0.15) is 5.56 Å². The summed E-state index contributed by atoms with van der Waals surface area (Å²) in [4.78, 5) is 0. The van der Waals surface area contributed by atoms with Gasteiger partial charge in [-0.15, -0.1) is 0 Å². The molecule has 0 bridgehead atoms. The number of benzene rings is 6. The van der Waals surface area contributed by atoms with Crippen LogP contribution in [0.25, 0.3) is 59.8 Å². The summed E-state index contributed by atoms with van der Waals surface area (Å²) in [6.07, 6.45) is 0. The smallest absolute Gasteiger partial charge is 0.0998 e. The third-order valence-corrected chi connectivity index (χ3v) is 6.78. The zero-order valence-corrected chi connectivity index (χ0v) is 17.8. The summed E-state index contributed by atoms with van der Waals surface area (Å²) in [5.41, 5.74) is 4.21. The summed E-state index contributed by atoms with van der Waals surface area (Å²) >= 11 is 0. The topological polar surface area (TPSA) is 28.7 Å². The standard InChI is InChI=1S/C31H18N2/c32-19-21-17-20-18-30(33-28-15-7-5-10-23(28)24-11-6-8-16-29(24)33)25-12-2-4-14-27(25)31(20)26-13-3-1-9-22(21)26/h1-18H. The van der Waals surface area contributed by atoms with Crippen molar-refractivity contribution in [1.29, 1.82) is 5.26 Å². The van der Waals surface area contributed by atoms with Gasteiger partial charge in [0.15, 0.2) is 0 Å². The van der Waals surface area contributed by atoms with Crippen LogP contribution >= 0.6 is 0 Å². The third-order valence-electron chi connectivity index (χ3n) is 6.78. The van der Waals surface area contributed by atoms with Crippen LogP contribution in [0.5, 0.6) is 0 Å². The quantitative estimate of drug-likeness (QED) is 0.247. The first-order chi connectivity index (χ1) is 16.3. The Bertz CT molecular complexity index is 1880. The Hall–Kier alpha value is -4.61. The van der Waals surface area contributed by atoms with Gasteiger partial charge in [0.25, 0.3) is 0 Å². The fraction of sp³-hybridized carbons (Fsp3) is 0. The molecule has 0 aliphatic heterocycles. The highest BCUT2D eigenvalue weighted by atomic mass is 15.0. The molecule has 2 nitrogen and oxygen atoms in total. The van der Waals surface area contributed by atoms with Gasteiger partial charge < -0.3 is 4.57 Å². The van der Waals surface area contributed by atoms with E-state index in [0.29, 0.717) is 5.56 Å². The molecule has 0 N–H and O–H groups in total. The average Bonchev–Trinajstić information content (AvgIpc) is 3.22. The number of aromatic nitrogens is 1. The molecule has 152 valence electrons. The van der Waals surface area contributed by atoms with Gasteiger partial charge in [-0.2, -0.15) is 5.26 Å². The van der Waals surface area contributed by atoms with E-state index in [9.17, 15) is 5.26 Å². The molecule has 6 aromatic carbocycles. The second-order valence-corrected chi connectivity index (χ2v) is 8.49. The van der Waals surface area contributed by atoms with Crippen molar-refractivity contribution in [3.63, 3.8) is 0 Å². The molecule has 1 heterocycles. The molecule has 0 saturated heterocycles. The first-order valence-electron chi connectivity index (χ1n) is 11.1. The summed E-state index contributed by atoms with van der Waals surface area (Å²) < 4.78 is 2.37. The fourth-order valence-corrected chi connectivity index (χ4v) is 5.42. The van der Waals surface area contributed by atoms with Crippen molar-refractivity contribution in [2.24, 2.45) is 0 Å². The zero-order chi connectivity index (χ0) is 21.9. The van der Waals surface area contributed by atoms with Crippen LogP contribution in [-0.4, -0.2) is 4.57 Å². The van der Waals surface area contributed by atoms with Crippen molar-refractivity contribution in [2.75, 3.05) is 0 Å². The van der Waals surface area contributed by atoms with E-state index in [1.807, 2.05) is 18.2 Å². The van der Waals surface area contributed by atoms with Crippen molar-refractivity contribution < 1.29 is 0 Å². The van der Waals surface area contributed by atoms with Gasteiger partial charge in [-0.1, -0.05) is 84.9 Å². The lowest BCUT2D eigenvalue weighted by Crippen LogP contribution is -1.97. The minimum absolute atomic E-state index is 0.710. The lowest BCUT2D eigenvalue weighted by Gasteiger charge is -2.16. The van der Waals surface area contributed by atoms with Gasteiger partial charge in [-0.25, -0.2) is 0 Å². The highest BCUT2D eigenvalue weighted by molar-refractivity contribution is 6.23. The van der Waals surface area contributed by atoms with Crippen LogP contribution in [-0.2, 0) is 0 Å². The van der Waals surface area contributed by atoms with E-state index in [1.165, 1.54) is 38.0 Å². The Kier molecular flexibility index (Phi) is 3.65. The van der Waals surface area contributed by atoms with Crippen LogP contribution in [0.2, 0.25) is 0 Å². The Labute approximate surface area is 190 Å². The molecule has 0 aliphatic carbocycles. The van der Waals surface area contributed by atoms with Gasteiger partial charge in [-0.05, 0) is 45.8 Å². The molecule has 0 saturated carbocycles. The van der Waals surface area contributed by atoms with E-state index in [4.69, 9.17) is 0 Å². The molecule has 1 aromatic heterocycles. The van der Waals surface area contributed by atoms with Gasteiger partial charge >= 0.3 is 0 Å². The predicted molar refractivity (Wildman–Crippen MR) is 138 cm³/mol. The van der Waals surface area contributed by atoms with Crippen LogP contribution in [0, 0.1) is 11.3 Å². The van der Waals surface area contributed by atoms with Crippen LogP contribution < -0.4 is 0 Å².